The van der Waals surface area contributed by atoms with Crippen LogP contribution in [0.4, 0.5) is 13.2 Å². The van der Waals surface area contributed by atoms with Gasteiger partial charge in [0.05, 0.1) is 0 Å². The number of alkyl halides is 3. The van der Waals surface area contributed by atoms with Gasteiger partial charge < -0.3 is 0 Å². The number of carbonyl (C=O) groups is 1. The van der Waals surface area contributed by atoms with Crippen LogP contribution in [0.5, 0.6) is 0 Å². The maximum absolute atomic E-state index is 13.3. The van der Waals surface area contributed by atoms with Crippen LogP contribution in [0.2, 0.25) is 5.71 Å². The van der Waals surface area contributed by atoms with E-state index >= 15 is 0 Å². The van der Waals surface area contributed by atoms with Gasteiger partial charge in [0.15, 0.2) is 0 Å². The van der Waals surface area contributed by atoms with Gasteiger partial charge >= 0.3 is 156 Å². The number of halogens is 3. The summed E-state index contributed by atoms with van der Waals surface area (Å²) in [7, 11) is 0. The second kappa shape index (κ2) is 6.90. The summed E-state index contributed by atoms with van der Waals surface area (Å²) >= 11 is -4.91. The van der Waals surface area contributed by atoms with Crippen molar-refractivity contribution in [2.45, 2.75) is 11.9 Å². The van der Waals surface area contributed by atoms with E-state index in [9.17, 15) is 18.0 Å². The van der Waals surface area contributed by atoms with Gasteiger partial charge in [0.2, 0.25) is 0 Å². The zero-order valence-corrected chi connectivity index (χ0v) is 16.4. The fourth-order valence-electron chi connectivity index (χ4n) is 3.23. The molecule has 0 aliphatic rings. The van der Waals surface area contributed by atoms with Gasteiger partial charge in [-0.3, -0.25) is 0 Å². The molecular formula is C21H18AsF3O2. The molecule has 2 nitrogen and oxygen atoms in total. The van der Waals surface area contributed by atoms with Crippen LogP contribution in [0.25, 0.3) is 0 Å². The summed E-state index contributed by atoms with van der Waals surface area (Å²) in [4.78, 5) is 12.1. The van der Waals surface area contributed by atoms with E-state index < -0.39 is 24.9 Å². The van der Waals surface area contributed by atoms with E-state index in [-0.39, 0.29) is 0 Å². The summed E-state index contributed by atoms with van der Waals surface area (Å²) < 4.78 is 47.1. The van der Waals surface area contributed by atoms with Crippen molar-refractivity contribution in [1.82, 2.24) is 0 Å². The average molecular weight is 434 g/mol. The van der Waals surface area contributed by atoms with Gasteiger partial charge in [-0.2, -0.15) is 0 Å². The van der Waals surface area contributed by atoms with E-state index in [0.717, 1.165) is 0 Å². The van der Waals surface area contributed by atoms with Crippen LogP contribution in [0.15, 0.2) is 91.0 Å². The number of hydrogen-bond acceptors (Lipinski definition) is 2. The predicted octanol–water partition coefficient (Wildman–Crippen LogP) is 3.34. The van der Waals surface area contributed by atoms with Crippen molar-refractivity contribution in [2.24, 2.45) is 0 Å². The molecule has 0 aliphatic heterocycles. The molecule has 0 spiro atoms. The van der Waals surface area contributed by atoms with Gasteiger partial charge in [-0.1, -0.05) is 0 Å². The van der Waals surface area contributed by atoms with Crippen LogP contribution >= 0.6 is 0 Å². The predicted molar refractivity (Wildman–Crippen MR) is 102 cm³/mol. The van der Waals surface area contributed by atoms with Crippen LogP contribution < -0.4 is 13.1 Å². The Labute approximate surface area is 156 Å². The van der Waals surface area contributed by atoms with Crippen molar-refractivity contribution in [3.05, 3.63) is 91.0 Å². The Balaban J connectivity index is 2.41. The molecule has 6 heteroatoms. The first-order chi connectivity index (χ1) is 12.8. The fraction of sp³-hybridized carbons (Fsp3) is 0.0952. The molecule has 0 aliphatic carbocycles. The Morgan fingerprint density at radius 3 is 1.26 bits per heavy atom. The van der Waals surface area contributed by atoms with Gasteiger partial charge in [-0.15, -0.1) is 0 Å². The average Bonchev–Trinajstić information content (AvgIpc) is 2.69. The zero-order chi connectivity index (χ0) is 19.6. The van der Waals surface area contributed by atoms with Gasteiger partial charge in [-0.25, -0.2) is 0 Å². The molecule has 3 aromatic rings. The Hall–Kier alpha value is -2.52. The van der Waals surface area contributed by atoms with E-state index in [4.69, 9.17) is 3.73 Å². The third-order valence-electron chi connectivity index (χ3n) is 4.68. The Morgan fingerprint density at radius 1 is 0.704 bits per heavy atom. The van der Waals surface area contributed by atoms with Crippen molar-refractivity contribution in [2.75, 3.05) is 0 Å². The first-order valence-electron chi connectivity index (χ1n) is 8.26. The standard InChI is InChI=1S/C21H18AsF3O2/c1-22(17-11-5-2-6-12-17,18-13-7-3-8-14-18,19-15-9-4-10-16-19)27-20(26)21(23,24)25/h2-16H,1H3. The molecule has 0 N–H and O–H groups in total. The molecule has 0 aromatic heterocycles. The van der Waals surface area contributed by atoms with Gasteiger partial charge in [0.1, 0.15) is 0 Å². The van der Waals surface area contributed by atoms with E-state index in [1.807, 2.05) is 0 Å². The molecule has 140 valence electrons. The number of benzene rings is 3. The van der Waals surface area contributed by atoms with Gasteiger partial charge in [0, 0.05) is 0 Å². The Kier molecular flexibility index (Phi) is 4.92. The molecular weight excluding hydrogens is 416 g/mol. The van der Waals surface area contributed by atoms with Gasteiger partial charge in [0.25, 0.3) is 0 Å². The zero-order valence-electron chi connectivity index (χ0n) is 14.6. The van der Waals surface area contributed by atoms with E-state index in [2.05, 4.69) is 0 Å². The maximum atomic E-state index is 13.3. The normalized spacial score (nSPS) is 13.4. The number of rotatable bonds is 4. The molecule has 0 saturated heterocycles. The number of hydrogen-bond donors (Lipinski definition) is 0. The third kappa shape index (κ3) is 3.28. The topological polar surface area (TPSA) is 26.3 Å². The van der Waals surface area contributed by atoms with Crippen molar-refractivity contribution in [1.29, 1.82) is 0 Å². The van der Waals surface area contributed by atoms with Crippen LogP contribution in [0.3, 0.4) is 0 Å². The molecule has 0 radical (unpaired) electrons. The summed E-state index contributed by atoms with van der Waals surface area (Å²) in [6, 6.07) is 26.2. The van der Waals surface area contributed by atoms with E-state index in [0.29, 0.717) is 13.1 Å². The summed E-state index contributed by atoms with van der Waals surface area (Å²) in [5.41, 5.74) is 1.68. The van der Waals surface area contributed by atoms with Crippen molar-refractivity contribution in [3.63, 3.8) is 0 Å². The molecule has 3 rings (SSSR count). The minimum atomic E-state index is -5.09. The summed E-state index contributed by atoms with van der Waals surface area (Å²) in [6.07, 6.45) is -5.09. The quantitative estimate of drug-likeness (QED) is 0.589. The Bertz CT molecular complexity index is 826. The van der Waals surface area contributed by atoms with Crippen LogP contribution in [-0.2, 0) is 8.52 Å². The molecule has 27 heavy (non-hydrogen) atoms. The van der Waals surface area contributed by atoms with Crippen molar-refractivity contribution >= 4 is 31.8 Å². The monoisotopic (exact) mass is 434 g/mol. The second-order valence-electron chi connectivity index (χ2n) is 6.35. The van der Waals surface area contributed by atoms with E-state index in [1.165, 1.54) is 0 Å². The second-order valence-corrected chi connectivity index (χ2v) is 16.1. The van der Waals surface area contributed by atoms with Crippen LogP contribution in [0, 0.1) is 0 Å². The molecule has 0 amide bonds. The van der Waals surface area contributed by atoms with Gasteiger partial charge in [-0.05, 0) is 0 Å². The molecule has 0 fully saturated rings. The van der Waals surface area contributed by atoms with E-state index in [1.54, 1.807) is 96.7 Å². The third-order valence-corrected chi connectivity index (χ3v) is 15.7. The first-order valence-corrected chi connectivity index (χ1v) is 13.7. The minimum absolute atomic E-state index is 0.589. The Morgan fingerprint density at radius 2 is 1.00 bits per heavy atom. The molecule has 3 aromatic carbocycles. The fourth-order valence-corrected chi connectivity index (χ4v) is 12.5. The van der Waals surface area contributed by atoms with Crippen molar-refractivity contribution in [3.8, 4) is 0 Å². The molecule has 0 saturated carbocycles. The summed E-state index contributed by atoms with van der Waals surface area (Å²) in [5, 5.41) is 0. The molecule has 0 unspecified atom stereocenters. The first kappa shape index (κ1) is 19.2. The van der Waals surface area contributed by atoms with Crippen molar-refractivity contribution < 1.29 is 21.7 Å². The molecule has 0 atom stereocenters. The SMILES string of the molecule is C[As](OC(=O)C(F)(F)F)(c1ccccc1)(c1ccccc1)c1ccccc1. The molecule has 0 heterocycles. The molecule has 0 bridgehead atoms. The summed E-state index contributed by atoms with van der Waals surface area (Å²) in [6.45, 7) is 0. The number of carbonyl (C=O) groups excluding carboxylic acids is 1. The van der Waals surface area contributed by atoms with Crippen LogP contribution in [0.1, 0.15) is 0 Å². The van der Waals surface area contributed by atoms with Crippen LogP contribution in [-0.4, -0.2) is 24.9 Å². The summed E-state index contributed by atoms with van der Waals surface area (Å²) in [5.74, 6) is -2.17.